The first-order chi connectivity index (χ1) is 16.4. The zero-order valence-electron chi connectivity index (χ0n) is 19.8. The Kier molecular flexibility index (Phi) is 5.54. The van der Waals surface area contributed by atoms with E-state index in [1.54, 1.807) is 6.33 Å². The fraction of sp³-hybridized carbons (Fsp3) is 0.172. The van der Waals surface area contributed by atoms with E-state index in [2.05, 4.69) is 35.4 Å². The van der Waals surface area contributed by atoms with Gasteiger partial charge in [0.2, 0.25) is 0 Å². The minimum Gasteiger partial charge on any atom is -0.455 e. The third-order valence-electron chi connectivity index (χ3n) is 6.29. The van der Waals surface area contributed by atoms with Gasteiger partial charge in [0.15, 0.2) is 5.43 Å². The molecule has 1 N–H and O–H groups in total. The molecule has 1 unspecified atom stereocenters. The van der Waals surface area contributed by atoms with Crippen LogP contribution in [0.4, 0.5) is 5.69 Å². The minimum absolute atomic E-state index is 0.00698. The lowest BCUT2D eigenvalue weighted by atomic mass is 9.98. The monoisotopic (exact) mass is 449 g/mol. The standard InChI is InChI=1S/C29H27N3O2/c1-18-14-23(20(3)31-25-13-9-8-12-22(25)26-16-30-17-32(26)4)29-24(15-18)27(33)19(2)28(34-29)21-10-6-5-7-11-21/h5-17,20,31H,1-4H3. The van der Waals surface area contributed by atoms with Crippen LogP contribution in [0, 0.1) is 13.8 Å². The van der Waals surface area contributed by atoms with Crippen LogP contribution in [0.1, 0.15) is 29.7 Å². The largest absolute Gasteiger partial charge is 0.455 e. The van der Waals surface area contributed by atoms with E-state index in [1.165, 1.54) is 0 Å². The third-order valence-corrected chi connectivity index (χ3v) is 6.29. The summed E-state index contributed by atoms with van der Waals surface area (Å²) < 4.78 is 8.47. The van der Waals surface area contributed by atoms with Crippen LogP contribution in [0.25, 0.3) is 33.6 Å². The molecule has 2 aromatic heterocycles. The number of nitrogens with one attached hydrogen (secondary N) is 1. The van der Waals surface area contributed by atoms with Crippen molar-refractivity contribution in [3.63, 3.8) is 0 Å². The second-order valence-corrected chi connectivity index (χ2v) is 8.78. The molecule has 0 bridgehead atoms. The maximum Gasteiger partial charge on any atom is 0.196 e. The Morgan fingerprint density at radius 2 is 1.74 bits per heavy atom. The van der Waals surface area contributed by atoms with E-state index in [1.807, 2.05) is 80.2 Å². The first-order valence-electron chi connectivity index (χ1n) is 11.4. The van der Waals surface area contributed by atoms with Crippen molar-refractivity contribution in [3.8, 4) is 22.6 Å². The van der Waals surface area contributed by atoms with Crippen molar-refractivity contribution in [2.75, 3.05) is 5.32 Å². The van der Waals surface area contributed by atoms with Crippen LogP contribution in [0.2, 0.25) is 0 Å². The smallest absolute Gasteiger partial charge is 0.196 e. The molecule has 0 fully saturated rings. The molecule has 0 aliphatic heterocycles. The molecule has 5 aromatic rings. The van der Waals surface area contributed by atoms with Crippen molar-refractivity contribution >= 4 is 16.7 Å². The van der Waals surface area contributed by atoms with Gasteiger partial charge in [0.1, 0.15) is 11.3 Å². The SMILES string of the molecule is Cc1cc(C(C)Nc2ccccc2-c2cncn2C)c2oc(-c3ccccc3)c(C)c(=O)c2c1. The topological polar surface area (TPSA) is 60.1 Å². The van der Waals surface area contributed by atoms with Crippen molar-refractivity contribution < 1.29 is 4.42 Å². The lowest BCUT2D eigenvalue weighted by molar-refractivity contribution is 0.605. The Morgan fingerprint density at radius 1 is 1.00 bits per heavy atom. The number of imidazole rings is 1. The van der Waals surface area contributed by atoms with Gasteiger partial charge in [0, 0.05) is 35.0 Å². The summed E-state index contributed by atoms with van der Waals surface area (Å²) in [5.41, 5.74) is 7.20. The van der Waals surface area contributed by atoms with E-state index in [9.17, 15) is 4.79 Å². The normalized spacial score (nSPS) is 12.1. The van der Waals surface area contributed by atoms with Gasteiger partial charge in [-0.15, -0.1) is 0 Å². The first kappa shape index (κ1) is 21.7. The molecule has 3 aromatic carbocycles. The summed E-state index contributed by atoms with van der Waals surface area (Å²) in [6.07, 6.45) is 3.66. The minimum atomic E-state index is -0.105. The average molecular weight is 450 g/mol. The summed E-state index contributed by atoms with van der Waals surface area (Å²) in [7, 11) is 1.98. The van der Waals surface area contributed by atoms with Crippen LogP contribution < -0.4 is 10.7 Å². The molecule has 0 spiro atoms. The number of aromatic nitrogens is 2. The summed E-state index contributed by atoms with van der Waals surface area (Å²) in [6.45, 7) is 5.94. The number of para-hydroxylation sites is 1. The molecule has 0 radical (unpaired) electrons. The number of hydrogen-bond acceptors (Lipinski definition) is 4. The van der Waals surface area contributed by atoms with E-state index < -0.39 is 0 Å². The van der Waals surface area contributed by atoms with Gasteiger partial charge < -0.3 is 14.3 Å². The van der Waals surface area contributed by atoms with Gasteiger partial charge in [-0.25, -0.2) is 4.98 Å². The fourth-order valence-electron chi connectivity index (χ4n) is 4.51. The van der Waals surface area contributed by atoms with Crippen LogP contribution in [-0.4, -0.2) is 9.55 Å². The molecular formula is C29H27N3O2. The van der Waals surface area contributed by atoms with Crippen molar-refractivity contribution in [2.24, 2.45) is 7.05 Å². The summed E-state index contributed by atoms with van der Waals surface area (Å²) >= 11 is 0. The number of fused-ring (bicyclic) bond motifs is 1. The Hall–Kier alpha value is -4.12. The highest BCUT2D eigenvalue weighted by atomic mass is 16.3. The van der Waals surface area contributed by atoms with Gasteiger partial charge >= 0.3 is 0 Å². The highest BCUT2D eigenvalue weighted by Gasteiger charge is 2.20. The third kappa shape index (κ3) is 3.79. The number of nitrogens with zero attached hydrogens (tertiary/aromatic N) is 2. The van der Waals surface area contributed by atoms with Gasteiger partial charge in [-0.1, -0.05) is 54.6 Å². The van der Waals surface area contributed by atoms with Crippen molar-refractivity contribution in [2.45, 2.75) is 26.8 Å². The molecule has 5 heteroatoms. The zero-order valence-corrected chi connectivity index (χ0v) is 19.8. The molecule has 0 aliphatic rings. The van der Waals surface area contributed by atoms with Crippen LogP contribution in [-0.2, 0) is 7.05 Å². The zero-order chi connectivity index (χ0) is 23.8. The van der Waals surface area contributed by atoms with Crippen LogP contribution in [0.5, 0.6) is 0 Å². The number of anilines is 1. The Morgan fingerprint density at radius 3 is 2.47 bits per heavy atom. The van der Waals surface area contributed by atoms with E-state index >= 15 is 0 Å². The van der Waals surface area contributed by atoms with Gasteiger partial charge in [-0.05, 0) is 38.5 Å². The van der Waals surface area contributed by atoms with Crippen LogP contribution >= 0.6 is 0 Å². The second kappa shape index (κ2) is 8.67. The number of aryl methyl sites for hydroxylation is 2. The molecule has 0 aliphatic carbocycles. The summed E-state index contributed by atoms with van der Waals surface area (Å²) in [5.74, 6) is 0.616. The molecule has 1 atom stereocenters. The molecular weight excluding hydrogens is 422 g/mol. The quantitative estimate of drug-likeness (QED) is 0.326. The molecule has 34 heavy (non-hydrogen) atoms. The number of rotatable bonds is 5. The van der Waals surface area contributed by atoms with E-state index in [4.69, 9.17) is 4.42 Å². The maximum absolute atomic E-state index is 13.4. The lowest BCUT2D eigenvalue weighted by Crippen LogP contribution is -2.13. The fourth-order valence-corrected chi connectivity index (χ4v) is 4.51. The van der Waals surface area contributed by atoms with Crippen LogP contribution in [0.15, 0.2) is 88.5 Å². The van der Waals surface area contributed by atoms with E-state index in [0.717, 1.165) is 33.6 Å². The molecule has 0 saturated heterocycles. The number of hydrogen-bond donors (Lipinski definition) is 1. The van der Waals surface area contributed by atoms with Crippen molar-refractivity contribution in [1.82, 2.24) is 9.55 Å². The molecule has 5 nitrogen and oxygen atoms in total. The summed E-state index contributed by atoms with van der Waals surface area (Å²) in [5, 5.41) is 4.26. The molecule has 0 amide bonds. The first-order valence-corrected chi connectivity index (χ1v) is 11.4. The van der Waals surface area contributed by atoms with Gasteiger partial charge in [0.05, 0.1) is 29.6 Å². The second-order valence-electron chi connectivity index (χ2n) is 8.78. The highest BCUT2D eigenvalue weighted by molar-refractivity contribution is 5.85. The summed E-state index contributed by atoms with van der Waals surface area (Å²) in [6, 6.07) is 21.9. The van der Waals surface area contributed by atoms with Crippen molar-refractivity contribution in [3.05, 3.63) is 106 Å². The van der Waals surface area contributed by atoms with E-state index in [-0.39, 0.29) is 11.5 Å². The van der Waals surface area contributed by atoms with Gasteiger partial charge in [-0.3, -0.25) is 4.79 Å². The Bertz CT molecular complexity index is 1550. The lowest BCUT2D eigenvalue weighted by Gasteiger charge is -2.21. The van der Waals surface area contributed by atoms with Gasteiger partial charge in [-0.2, -0.15) is 0 Å². The molecule has 2 heterocycles. The van der Waals surface area contributed by atoms with Crippen molar-refractivity contribution in [1.29, 1.82) is 0 Å². The predicted octanol–water partition coefficient (Wildman–Crippen LogP) is 6.65. The highest BCUT2D eigenvalue weighted by Crippen LogP contribution is 2.34. The number of benzene rings is 3. The maximum atomic E-state index is 13.4. The molecule has 5 rings (SSSR count). The molecule has 0 saturated carbocycles. The Labute approximate surface area is 198 Å². The molecule has 170 valence electrons. The Balaban J connectivity index is 1.64. The van der Waals surface area contributed by atoms with E-state index in [0.29, 0.717) is 22.3 Å². The average Bonchev–Trinajstić information content (AvgIpc) is 3.27. The predicted molar refractivity (Wildman–Crippen MR) is 138 cm³/mol. The summed E-state index contributed by atoms with van der Waals surface area (Å²) in [4.78, 5) is 17.6. The van der Waals surface area contributed by atoms with Gasteiger partial charge in [0.25, 0.3) is 0 Å². The van der Waals surface area contributed by atoms with Crippen LogP contribution in [0.3, 0.4) is 0 Å².